The van der Waals surface area contributed by atoms with Crippen LogP contribution in [0.3, 0.4) is 0 Å². The van der Waals surface area contributed by atoms with Gasteiger partial charge in [-0.15, -0.1) is 0 Å². The molecule has 0 bridgehead atoms. The first-order valence-electron chi connectivity index (χ1n) is 5.24. The van der Waals surface area contributed by atoms with E-state index in [9.17, 15) is 14.7 Å². The topological polar surface area (TPSA) is 75.7 Å². The summed E-state index contributed by atoms with van der Waals surface area (Å²) >= 11 is 3.05. The quantitative estimate of drug-likeness (QED) is 0.407. The van der Waals surface area contributed by atoms with Crippen LogP contribution in [0.5, 0.6) is 0 Å². The maximum atomic E-state index is 10.9. The molecule has 19 heavy (non-hydrogen) atoms. The minimum absolute atomic E-state index is 0. The van der Waals surface area contributed by atoms with E-state index in [1.165, 1.54) is 6.08 Å². The van der Waals surface area contributed by atoms with Crippen molar-refractivity contribution < 1.29 is 43.6 Å². The average molecular weight is 385 g/mol. The Balaban J connectivity index is 0. The molecule has 0 atom stereocenters. The van der Waals surface area contributed by atoms with Crippen LogP contribution in [-0.2, 0) is 38.5 Å². The number of esters is 1. The predicted octanol–water partition coefficient (Wildman–Crippen LogP) is 1.28. The molecule has 0 fully saturated rings. The van der Waals surface area contributed by atoms with Crippen LogP contribution in [0, 0.1) is 10.4 Å². The third-order valence-electron chi connectivity index (χ3n) is 1.59. The molecule has 1 heterocycles. The summed E-state index contributed by atoms with van der Waals surface area (Å²) in [5.74, 6) is -1.40. The average Bonchev–Trinajstić information content (AvgIpc) is 2.65. The summed E-state index contributed by atoms with van der Waals surface area (Å²) in [6, 6.07) is 0. The van der Waals surface area contributed by atoms with Crippen molar-refractivity contribution in [1.82, 2.24) is 0 Å². The molecular formula is C12H15BrO5Zn-. The van der Waals surface area contributed by atoms with Gasteiger partial charge in [-0.1, -0.05) is 26.5 Å². The maximum Gasteiger partial charge on any atom is 0.382 e. The molecule has 1 rings (SSSR count). The molecule has 0 spiro atoms. The molecule has 5 nitrogen and oxygen atoms in total. The first-order chi connectivity index (χ1) is 8.18. The number of carboxylic acid groups (broad SMARTS) is 1. The minimum atomic E-state index is -1.01. The van der Waals surface area contributed by atoms with Crippen LogP contribution in [0.15, 0.2) is 17.6 Å². The largest absolute Gasteiger partial charge is 0.550 e. The Labute approximate surface area is 133 Å². The van der Waals surface area contributed by atoms with Crippen LogP contribution in [0.4, 0.5) is 0 Å². The van der Waals surface area contributed by atoms with Crippen LogP contribution < -0.4 is 5.11 Å². The van der Waals surface area contributed by atoms with Gasteiger partial charge < -0.3 is 19.4 Å². The molecular weight excluding hydrogens is 369 g/mol. The Kier molecular flexibility index (Phi) is 10.1. The van der Waals surface area contributed by atoms with Crippen LogP contribution in [0.2, 0.25) is 0 Å². The molecule has 0 aromatic heterocycles. The van der Waals surface area contributed by atoms with Gasteiger partial charge in [-0.05, 0) is 22.9 Å². The van der Waals surface area contributed by atoms with Crippen molar-refractivity contribution >= 4 is 27.9 Å². The van der Waals surface area contributed by atoms with E-state index in [-0.39, 0.29) is 25.2 Å². The van der Waals surface area contributed by atoms with E-state index in [0.717, 1.165) is 0 Å². The van der Waals surface area contributed by atoms with Gasteiger partial charge in [0.2, 0.25) is 5.01 Å². The molecule has 0 aromatic carbocycles. The number of hydrogen-bond donors (Lipinski definition) is 0. The number of rotatable bonds is 2. The number of hydrogen-bond acceptors (Lipinski definition) is 5. The van der Waals surface area contributed by atoms with E-state index < -0.39 is 17.4 Å². The van der Waals surface area contributed by atoms with E-state index in [0.29, 0.717) is 11.6 Å². The van der Waals surface area contributed by atoms with Crippen molar-refractivity contribution in [3.63, 3.8) is 0 Å². The van der Waals surface area contributed by atoms with Gasteiger partial charge in [-0.2, -0.15) is 0 Å². The standard InChI is InChI=1S/C7H6BrO3.C5H10O2.Zn/c1-2-10-7(9)5-3-4-6(8)11-5;1-5(2,3)4(6)7;/h4H,2H2,1H3;1-3H3,(H,6,7);/p-1. The van der Waals surface area contributed by atoms with Crippen molar-refractivity contribution in [2.45, 2.75) is 27.7 Å². The van der Waals surface area contributed by atoms with Gasteiger partial charge in [0.1, 0.15) is 0 Å². The number of carboxylic acids is 1. The van der Waals surface area contributed by atoms with Gasteiger partial charge in [0.05, 0.1) is 6.61 Å². The summed E-state index contributed by atoms with van der Waals surface area (Å²) in [5.41, 5.74) is 1.91. The van der Waals surface area contributed by atoms with Crippen molar-refractivity contribution in [2.75, 3.05) is 6.61 Å². The SMILES string of the molecule is CC(C)(C)C(=O)[O-].CCOC(=O)C1=C=C[C](Br)O1.[Zn]. The summed E-state index contributed by atoms with van der Waals surface area (Å²) < 4.78 is 9.54. The van der Waals surface area contributed by atoms with Gasteiger partial charge in [0.25, 0.3) is 5.76 Å². The molecule has 0 N–H and O–H groups in total. The van der Waals surface area contributed by atoms with Gasteiger partial charge in [-0.25, -0.2) is 4.79 Å². The predicted molar refractivity (Wildman–Crippen MR) is 65.9 cm³/mol. The summed E-state index contributed by atoms with van der Waals surface area (Å²) in [4.78, 5) is 20.8. The Morgan fingerprint density at radius 1 is 1.47 bits per heavy atom. The molecule has 1 radical (unpaired) electrons. The number of aliphatic carboxylic acids is 1. The molecule has 0 saturated heterocycles. The van der Waals surface area contributed by atoms with Crippen molar-refractivity contribution in [1.29, 1.82) is 0 Å². The van der Waals surface area contributed by atoms with E-state index in [1.807, 2.05) is 0 Å². The van der Waals surface area contributed by atoms with Gasteiger partial charge in [0.15, 0.2) is 0 Å². The van der Waals surface area contributed by atoms with Gasteiger partial charge in [-0.3, -0.25) is 0 Å². The van der Waals surface area contributed by atoms with E-state index in [1.54, 1.807) is 27.7 Å². The van der Waals surface area contributed by atoms with Crippen LogP contribution in [-0.4, -0.2) is 18.5 Å². The fraction of sp³-hybridized carbons (Fsp3) is 0.500. The normalized spacial score (nSPS) is 13.4. The molecule has 7 heteroatoms. The number of carbonyl (C=O) groups excluding carboxylic acids is 2. The van der Waals surface area contributed by atoms with Gasteiger partial charge in [0, 0.05) is 36.9 Å². The van der Waals surface area contributed by atoms with Crippen LogP contribution in [0.25, 0.3) is 0 Å². The third-order valence-corrected chi connectivity index (χ3v) is 1.98. The Bertz CT molecular complexity index is 380. The molecule has 0 amide bonds. The number of ether oxygens (including phenoxy) is 2. The third kappa shape index (κ3) is 8.98. The monoisotopic (exact) mass is 382 g/mol. The van der Waals surface area contributed by atoms with Crippen molar-refractivity contribution in [3.05, 3.63) is 22.6 Å². The molecule has 103 valence electrons. The fourth-order valence-electron chi connectivity index (χ4n) is 0.576. The van der Waals surface area contributed by atoms with Crippen LogP contribution >= 0.6 is 15.9 Å². The summed E-state index contributed by atoms with van der Waals surface area (Å²) in [6.07, 6.45) is 1.52. The molecule has 0 unspecified atom stereocenters. The first kappa shape index (κ1) is 20.7. The fourth-order valence-corrected chi connectivity index (χ4v) is 0.852. The van der Waals surface area contributed by atoms with E-state index in [2.05, 4.69) is 26.4 Å². The zero-order chi connectivity index (χ0) is 14.3. The second-order valence-corrected chi connectivity index (χ2v) is 5.06. The Hall–Kier alpha value is -0.637. The minimum Gasteiger partial charge on any atom is -0.550 e. The summed E-state index contributed by atoms with van der Waals surface area (Å²) in [5, 5.41) is 10.4. The zero-order valence-corrected chi connectivity index (χ0v) is 16.0. The molecule has 0 aliphatic carbocycles. The first-order valence-corrected chi connectivity index (χ1v) is 6.03. The van der Waals surface area contributed by atoms with Crippen molar-refractivity contribution in [3.8, 4) is 0 Å². The molecule has 1 aliphatic rings. The second-order valence-electron chi connectivity index (χ2n) is 4.28. The van der Waals surface area contributed by atoms with Crippen LogP contribution in [0.1, 0.15) is 27.7 Å². The number of carbonyl (C=O) groups is 2. The molecule has 1 aliphatic heterocycles. The molecule has 0 saturated carbocycles. The summed E-state index contributed by atoms with van der Waals surface area (Å²) in [7, 11) is 0. The molecule has 0 aromatic rings. The van der Waals surface area contributed by atoms with E-state index >= 15 is 0 Å². The van der Waals surface area contributed by atoms with E-state index in [4.69, 9.17) is 4.74 Å². The Morgan fingerprint density at radius 2 is 1.95 bits per heavy atom. The number of halogens is 1. The maximum absolute atomic E-state index is 10.9. The van der Waals surface area contributed by atoms with Gasteiger partial charge >= 0.3 is 5.97 Å². The van der Waals surface area contributed by atoms with Crippen molar-refractivity contribution in [2.24, 2.45) is 5.41 Å². The Morgan fingerprint density at radius 3 is 2.21 bits per heavy atom. The zero-order valence-electron chi connectivity index (χ0n) is 11.4. The summed E-state index contributed by atoms with van der Waals surface area (Å²) in [6.45, 7) is 6.87. The smallest absolute Gasteiger partial charge is 0.382 e. The second kappa shape index (κ2) is 9.30.